The monoisotopic (exact) mass is 311 g/mol. The first-order valence-electron chi connectivity index (χ1n) is 8.37. The molecule has 0 amide bonds. The van der Waals surface area contributed by atoms with E-state index in [0.717, 1.165) is 37.6 Å². The van der Waals surface area contributed by atoms with Crippen LogP contribution in [0.5, 0.6) is 5.88 Å². The molecule has 1 saturated heterocycles. The number of nitrogens with zero attached hydrogens (tertiary/aromatic N) is 5. The molecule has 0 atom stereocenters. The standard InChI is InChI=1S/C17H21N5O/c1-8-18-17(19-9-1)22-10-6-13(7-11-22)12-23-16-5-4-15(20-21-16)14-2-3-14/h1,4-5,8-9,13-14H,2-3,6-7,10-12H2. The van der Waals surface area contributed by atoms with E-state index in [1.54, 1.807) is 12.4 Å². The third-order valence-electron chi connectivity index (χ3n) is 4.57. The largest absolute Gasteiger partial charge is 0.476 e. The first-order valence-corrected chi connectivity index (χ1v) is 8.37. The summed E-state index contributed by atoms with van der Waals surface area (Å²) in [5, 5.41) is 8.44. The zero-order valence-electron chi connectivity index (χ0n) is 13.1. The van der Waals surface area contributed by atoms with Crippen molar-refractivity contribution in [3.8, 4) is 5.88 Å². The van der Waals surface area contributed by atoms with E-state index in [0.29, 0.717) is 24.3 Å². The second kappa shape index (κ2) is 6.48. The molecule has 6 nitrogen and oxygen atoms in total. The molecule has 3 heterocycles. The van der Waals surface area contributed by atoms with E-state index in [2.05, 4.69) is 31.1 Å². The van der Waals surface area contributed by atoms with Crippen molar-refractivity contribution in [3.63, 3.8) is 0 Å². The Hall–Kier alpha value is -2.24. The molecule has 2 aromatic rings. The average Bonchev–Trinajstić information content (AvgIpc) is 3.47. The van der Waals surface area contributed by atoms with Crippen LogP contribution in [0.3, 0.4) is 0 Å². The number of rotatable bonds is 5. The highest BCUT2D eigenvalue weighted by Gasteiger charge is 2.25. The number of anilines is 1. The Morgan fingerprint density at radius 1 is 1.00 bits per heavy atom. The number of hydrogen-bond acceptors (Lipinski definition) is 6. The van der Waals surface area contributed by atoms with Crippen LogP contribution >= 0.6 is 0 Å². The zero-order chi connectivity index (χ0) is 15.5. The van der Waals surface area contributed by atoms with Gasteiger partial charge in [0, 0.05) is 37.5 Å². The van der Waals surface area contributed by atoms with Crippen molar-refractivity contribution in [3.05, 3.63) is 36.3 Å². The molecule has 0 bridgehead atoms. The summed E-state index contributed by atoms with van der Waals surface area (Å²) in [6.45, 7) is 2.66. The van der Waals surface area contributed by atoms with Crippen molar-refractivity contribution in [2.75, 3.05) is 24.6 Å². The lowest BCUT2D eigenvalue weighted by Crippen LogP contribution is -2.36. The van der Waals surface area contributed by atoms with Crippen molar-refractivity contribution in [2.45, 2.75) is 31.6 Å². The van der Waals surface area contributed by atoms with Gasteiger partial charge >= 0.3 is 0 Å². The highest BCUT2D eigenvalue weighted by Crippen LogP contribution is 2.38. The SMILES string of the molecule is c1cnc(N2CCC(COc3ccc(C4CC4)nn3)CC2)nc1. The van der Waals surface area contributed by atoms with E-state index in [-0.39, 0.29) is 0 Å². The van der Waals surface area contributed by atoms with Crippen molar-refractivity contribution in [1.29, 1.82) is 0 Å². The minimum absolute atomic E-state index is 0.555. The van der Waals surface area contributed by atoms with Crippen molar-refractivity contribution < 1.29 is 4.74 Å². The van der Waals surface area contributed by atoms with Gasteiger partial charge in [0.1, 0.15) is 0 Å². The molecule has 1 aliphatic heterocycles. The predicted molar refractivity (Wildman–Crippen MR) is 86.5 cm³/mol. The fourth-order valence-corrected chi connectivity index (χ4v) is 2.96. The Balaban J connectivity index is 1.24. The maximum Gasteiger partial charge on any atom is 0.233 e. The third kappa shape index (κ3) is 3.57. The van der Waals surface area contributed by atoms with E-state index >= 15 is 0 Å². The number of hydrogen-bond donors (Lipinski definition) is 0. The summed E-state index contributed by atoms with van der Waals surface area (Å²) in [6.07, 6.45) is 8.26. The van der Waals surface area contributed by atoms with Gasteiger partial charge in [0.15, 0.2) is 0 Å². The smallest absolute Gasteiger partial charge is 0.233 e. The van der Waals surface area contributed by atoms with Crippen LogP contribution in [-0.4, -0.2) is 39.9 Å². The molecule has 23 heavy (non-hydrogen) atoms. The molecule has 0 spiro atoms. The summed E-state index contributed by atoms with van der Waals surface area (Å²) in [6, 6.07) is 5.85. The third-order valence-corrected chi connectivity index (χ3v) is 4.57. The first kappa shape index (κ1) is 14.4. The molecule has 2 aliphatic rings. The summed E-state index contributed by atoms with van der Waals surface area (Å²) in [4.78, 5) is 10.9. The van der Waals surface area contributed by atoms with Gasteiger partial charge in [-0.15, -0.1) is 5.10 Å². The van der Waals surface area contributed by atoms with Crippen LogP contribution in [0.1, 0.15) is 37.3 Å². The Morgan fingerprint density at radius 3 is 2.43 bits per heavy atom. The molecular formula is C17H21N5O. The molecule has 2 fully saturated rings. The van der Waals surface area contributed by atoms with Crippen LogP contribution in [0.25, 0.3) is 0 Å². The number of aromatic nitrogens is 4. The van der Waals surface area contributed by atoms with Gasteiger partial charge in [-0.1, -0.05) is 0 Å². The lowest BCUT2D eigenvalue weighted by atomic mass is 9.98. The molecule has 120 valence electrons. The van der Waals surface area contributed by atoms with Gasteiger partial charge < -0.3 is 9.64 Å². The Labute approximate surface area is 135 Å². The Kier molecular flexibility index (Phi) is 4.05. The van der Waals surface area contributed by atoms with Gasteiger partial charge in [-0.25, -0.2) is 9.97 Å². The van der Waals surface area contributed by atoms with Gasteiger partial charge in [0.2, 0.25) is 11.8 Å². The Morgan fingerprint density at radius 2 is 1.78 bits per heavy atom. The predicted octanol–water partition coefficient (Wildman–Crippen LogP) is 2.44. The van der Waals surface area contributed by atoms with Gasteiger partial charge in [0.25, 0.3) is 0 Å². The second-order valence-corrected chi connectivity index (χ2v) is 6.36. The molecule has 6 heteroatoms. The van der Waals surface area contributed by atoms with Gasteiger partial charge in [-0.3, -0.25) is 0 Å². The summed E-state index contributed by atoms with van der Waals surface area (Å²) >= 11 is 0. The van der Waals surface area contributed by atoms with Crippen LogP contribution in [0.15, 0.2) is 30.6 Å². The molecule has 0 radical (unpaired) electrons. The molecule has 0 unspecified atom stereocenters. The lowest BCUT2D eigenvalue weighted by Gasteiger charge is -2.31. The van der Waals surface area contributed by atoms with Crippen LogP contribution in [0, 0.1) is 5.92 Å². The number of ether oxygens (including phenoxy) is 1. The van der Waals surface area contributed by atoms with Crippen LogP contribution in [0.4, 0.5) is 5.95 Å². The molecule has 2 aromatic heterocycles. The van der Waals surface area contributed by atoms with Crippen LogP contribution in [0.2, 0.25) is 0 Å². The minimum Gasteiger partial charge on any atom is -0.476 e. The highest BCUT2D eigenvalue weighted by atomic mass is 16.5. The van der Waals surface area contributed by atoms with Crippen molar-refractivity contribution in [2.24, 2.45) is 5.92 Å². The van der Waals surface area contributed by atoms with Gasteiger partial charge in [-0.2, -0.15) is 5.10 Å². The maximum atomic E-state index is 5.82. The van der Waals surface area contributed by atoms with E-state index in [4.69, 9.17) is 4.74 Å². The lowest BCUT2D eigenvalue weighted by molar-refractivity contribution is 0.213. The van der Waals surface area contributed by atoms with E-state index in [9.17, 15) is 0 Å². The second-order valence-electron chi connectivity index (χ2n) is 6.36. The summed E-state index contributed by atoms with van der Waals surface area (Å²) in [7, 11) is 0. The fourth-order valence-electron chi connectivity index (χ4n) is 2.96. The summed E-state index contributed by atoms with van der Waals surface area (Å²) in [5.74, 6) is 2.66. The van der Waals surface area contributed by atoms with Gasteiger partial charge in [-0.05, 0) is 43.7 Å². The van der Waals surface area contributed by atoms with Crippen molar-refractivity contribution in [1.82, 2.24) is 20.2 Å². The highest BCUT2D eigenvalue weighted by molar-refractivity contribution is 5.28. The zero-order valence-corrected chi connectivity index (χ0v) is 13.1. The molecule has 1 saturated carbocycles. The summed E-state index contributed by atoms with van der Waals surface area (Å²) < 4.78 is 5.82. The molecule has 0 aromatic carbocycles. The minimum atomic E-state index is 0.555. The Bertz CT molecular complexity index is 621. The normalized spacial score (nSPS) is 18.9. The maximum absolute atomic E-state index is 5.82. The van der Waals surface area contributed by atoms with E-state index in [1.807, 2.05) is 12.1 Å². The topological polar surface area (TPSA) is 64.0 Å². The van der Waals surface area contributed by atoms with E-state index in [1.165, 1.54) is 12.8 Å². The first-order chi connectivity index (χ1) is 11.4. The van der Waals surface area contributed by atoms with E-state index < -0.39 is 0 Å². The molecule has 0 N–H and O–H groups in total. The van der Waals surface area contributed by atoms with Crippen molar-refractivity contribution >= 4 is 5.95 Å². The fraction of sp³-hybridized carbons (Fsp3) is 0.529. The molecule has 1 aliphatic carbocycles. The quantitative estimate of drug-likeness (QED) is 0.845. The van der Waals surface area contributed by atoms with Gasteiger partial charge in [0.05, 0.1) is 12.3 Å². The average molecular weight is 311 g/mol. The summed E-state index contributed by atoms with van der Waals surface area (Å²) in [5.41, 5.74) is 1.11. The molecular weight excluding hydrogens is 290 g/mol. The van der Waals surface area contributed by atoms with Crippen LogP contribution in [-0.2, 0) is 0 Å². The number of piperidine rings is 1. The van der Waals surface area contributed by atoms with Crippen LogP contribution < -0.4 is 9.64 Å². The molecule has 4 rings (SSSR count).